The molecule has 5 nitrogen and oxygen atoms in total. The van der Waals surface area contributed by atoms with E-state index in [1.165, 1.54) is 0 Å². The van der Waals surface area contributed by atoms with E-state index in [2.05, 4.69) is 45.0 Å². The molecule has 0 aliphatic rings. The van der Waals surface area contributed by atoms with Crippen LogP contribution in [0, 0.1) is 6.92 Å². The van der Waals surface area contributed by atoms with Crippen LogP contribution < -0.4 is 18.9 Å². The third-order valence-electron chi connectivity index (χ3n) is 7.32. The molecule has 5 heteroatoms. The smallest absolute Gasteiger partial charge is 0.134 e. The van der Waals surface area contributed by atoms with Crippen LogP contribution in [0.4, 0.5) is 0 Å². The minimum Gasteiger partial charge on any atom is -0.493 e. The van der Waals surface area contributed by atoms with E-state index in [-0.39, 0.29) is 0 Å². The summed E-state index contributed by atoms with van der Waals surface area (Å²) in [6.07, 6.45) is 6.88. The maximum absolute atomic E-state index is 6.32. The monoisotopic (exact) mass is 576 g/mol. The van der Waals surface area contributed by atoms with Crippen LogP contribution in [0.3, 0.4) is 0 Å². The summed E-state index contributed by atoms with van der Waals surface area (Å²) in [4.78, 5) is 0. The molecule has 0 atom stereocenters. The first-order valence-electron chi connectivity index (χ1n) is 15.1. The number of aryl methyl sites for hydroxylation is 2. The van der Waals surface area contributed by atoms with E-state index in [1.54, 1.807) is 12.5 Å². The summed E-state index contributed by atoms with van der Waals surface area (Å²) >= 11 is 0. The number of para-hydroxylation sites is 1. The molecule has 0 saturated heterocycles. The molecule has 5 rings (SSSR count). The molecule has 0 bridgehead atoms. The summed E-state index contributed by atoms with van der Waals surface area (Å²) in [5.41, 5.74) is 6.40. The Bertz CT molecular complexity index is 1570. The van der Waals surface area contributed by atoms with Crippen molar-refractivity contribution in [3.8, 4) is 39.9 Å². The zero-order chi connectivity index (χ0) is 29.9. The first kappa shape index (κ1) is 29.8. The lowest BCUT2D eigenvalue weighted by atomic mass is 10.0. The van der Waals surface area contributed by atoms with Crippen molar-refractivity contribution in [3.05, 3.63) is 126 Å². The Morgan fingerprint density at radius 3 is 2.16 bits per heavy atom. The van der Waals surface area contributed by atoms with Gasteiger partial charge in [0, 0.05) is 29.2 Å². The Balaban J connectivity index is 1.24. The fourth-order valence-electron chi connectivity index (χ4n) is 5.00. The van der Waals surface area contributed by atoms with Gasteiger partial charge in [-0.05, 0) is 66.8 Å². The van der Waals surface area contributed by atoms with Crippen molar-refractivity contribution >= 4 is 0 Å². The van der Waals surface area contributed by atoms with Gasteiger partial charge in [-0.2, -0.15) is 0 Å². The summed E-state index contributed by atoms with van der Waals surface area (Å²) in [6, 6.07) is 30.4. The Morgan fingerprint density at radius 1 is 0.674 bits per heavy atom. The normalized spacial score (nSPS) is 10.9. The lowest BCUT2D eigenvalue weighted by Gasteiger charge is -2.18. The van der Waals surface area contributed by atoms with E-state index >= 15 is 0 Å². The topological polar surface area (TPSA) is 50.1 Å². The van der Waals surface area contributed by atoms with Gasteiger partial charge in [0.05, 0.1) is 25.7 Å². The average molecular weight is 577 g/mol. The third kappa shape index (κ3) is 7.81. The van der Waals surface area contributed by atoms with Gasteiger partial charge >= 0.3 is 0 Å². The Hall–Kier alpha value is -4.64. The predicted molar refractivity (Wildman–Crippen MR) is 172 cm³/mol. The number of hydrogen-bond donors (Lipinski definition) is 0. The van der Waals surface area contributed by atoms with Crippen LogP contribution in [0.2, 0.25) is 0 Å². The average Bonchev–Trinajstić information content (AvgIpc) is 3.58. The Kier molecular flexibility index (Phi) is 10.4. The van der Waals surface area contributed by atoms with Crippen molar-refractivity contribution < 1.29 is 23.4 Å². The van der Waals surface area contributed by atoms with E-state index < -0.39 is 0 Å². The Morgan fingerprint density at radius 2 is 1.42 bits per heavy atom. The van der Waals surface area contributed by atoms with Crippen molar-refractivity contribution in [2.45, 2.75) is 53.1 Å². The van der Waals surface area contributed by atoms with Crippen LogP contribution in [0.1, 0.15) is 48.9 Å². The lowest BCUT2D eigenvalue weighted by molar-refractivity contribution is 0.243. The predicted octanol–water partition coefficient (Wildman–Crippen LogP) is 9.99. The number of hydrogen-bond acceptors (Lipinski definition) is 5. The van der Waals surface area contributed by atoms with Crippen LogP contribution >= 0.6 is 0 Å². The van der Waals surface area contributed by atoms with Gasteiger partial charge in [0.1, 0.15) is 35.4 Å². The van der Waals surface area contributed by atoms with Crippen molar-refractivity contribution in [1.29, 1.82) is 0 Å². The summed E-state index contributed by atoms with van der Waals surface area (Å²) in [6.45, 7) is 7.90. The molecule has 0 amide bonds. The van der Waals surface area contributed by atoms with Gasteiger partial charge in [0.25, 0.3) is 0 Å². The van der Waals surface area contributed by atoms with Crippen LogP contribution in [-0.2, 0) is 19.4 Å². The zero-order valence-electron chi connectivity index (χ0n) is 25.3. The van der Waals surface area contributed by atoms with E-state index in [4.69, 9.17) is 23.4 Å². The molecule has 0 saturated carbocycles. The second-order valence-electron chi connectivity index (χ2n) is 10.5. The molecule has 0 aliphatic heterocycles. The van der Waals surface area contributed by atoms with Gasteiger partial charge in [0.2, 0.25) is 0 Å². The van der Waals surface area contributed by atoms with E-state index in [1.807, 2.05) is 66.7 Å². The minimum absolute atomic E-state index is 0.469. The highest BCUT2D eigenvalue weighted by Crippen LogP contribution is 2.38. The van der Waals surface area contributed by atoms with E-state index in [0.717, 1.165) is 87.8 Å². The molecule has 0 radical (unpaired) electrons. The Labute approximate surface area is 255 Å². The first-order chi connectivity index (χ1) is 21.2. The van der Waals surface area contributed by atoms with Gasteiger partial charge in [0.15, 0.2) is 0 Å². The van der Waals surface area contributed by atoms with Crippen LogP contribution in [0.5, 0.6) is 28.7 Å². The first-order valence-corrected chi connectivity index (χ1v) is 15.1. The zero-order valence-corrected chi connectivity index (χ0v) is 25.3. The van der Waals surface area contributed by atoms with Crippen LogP contribution in [0.25, 0.3) is 11.1 Å². The number of furan rings is 1. The molecule has 0 fully saturated rings. The molecule has 43 heavy (non-hydrogen) atoms. The molecular weight excluding hydrogens is 536 g/mol. The summed E-state index contributed by atoms with van der Waals surface area (Å²) in [5.74, 6) is 4.17. The fourth-order valence-corrected chi connectivity index (χ4v) is 5.00. The minimum atomic E-state index is 0.469. The van der Waals surface area contributed by atoms with Crippen molar-refractivity contribution in [3.63, 3.8) is 0 Å². The third-order valence-corrected chi connectivity index (χ3v) is 7.32. The van der Waals surface area contributed by atoms with Crippen molar-refractivity contribution in [2.24, 2.45) is 0 Å². The summed E-state index contributed by atoms with van der Waals surface area (Å²) in [5, 5.41) is 0. The second kappa shape index (κ2) is 15.0. The molecule has 1 heterocycles. The van der Waals surface area contributed by atoms with Gasteiger partial charge in [-0.25, -0.2) is 0 Å². The van der Waals surface area contributed by atoms with E-state index in [0.29, 0.717) is 19.8 Å². The van der Waals surface area contributed by atoms with Crippen LogP contribution in [0.15, 0.2) is 108 Å². The number of benzene rings is 4. The fraction of sp³-hybridized carbons (Fsp3) is 0.263. The molecular formula is C38H40O5. The van der Waals surface area contributed by atoms with Crippen molar-refractivity contribution in [2.75, 3.05) is 13.2 Å². The highest BCUT2D eigenvalue weighted by atomic mass is 16.5. The standard InChI is InChI=1S/C38H40O5/c1-4-13-32-35(18-11-19-36(32)43-34-17-10-9-14-28(34)3)40-21-12-22-41-37-25-38(42-26-29-15-7-6-8-16-29)33(24-30(37)5-2)31-20-23-39-27-31/h6-11,14-20,23-25,27H,4-5,12-13,21-22,26H2,1-3H3. The molecule has 4 aromatic carbocycles. The van der Waals surface area contributed by atoms with Gasteiger partial charge in [-0.3, -0.25) is 0 Å². The molecule has 222 valence electrons. The number of rotatable bonds is 15. The van der Waals surface area contributed by atoms with Crippen LogP contribution in [-0.4, -0.2) is 13.2 Å². The number of ether oxygens (including phenoxy) is 4. The molecule has 0 spiro atoms. The largest absolute Gasteiger partial charge is 0.493 e. The molecule has 1 aromatic heterocycles. The van der Waals surface area contributed by atoms with E-state index in [9.17, 15) is 0 Å². The molecule has 0 N–H and O–H groups in total. The quantitative estimate of drug-likeness (QED) is 0.116. The molecule has 5 aromatic rings. The van der Waals surface area contributed by atoms with Gasteiger partial charge in [-0.15, -0.1) is 0 Å². The van der Waals surface area contributed by atoms with Gasteiger partial charge < -0.3 is 23.4 Å². The second-order valence-corrected chi connectivity index (χ2v) is 10.5. The lowest BCUT2D eigenvalue weighted by Crippen LogP contribution is -2.08. The highest BCUT2D eigenvalue weighted by molar-refractivity contribution is 5.72. The summed E-state index contributed by atoms with van der Waals surface area (Å²) in [7, 11) is 0. The molecule has 0 aliphatic carbocycles. The maximum atomic E-state index is 6.32. The summed E-state index contributed by atoms with van der Waals surface area (Å²) < 4.78 is 30.6. The van der Waals surface area contributed by atoms with Crippen molar-refractivity contribution in [1.82, 2.24) is 0 Å². The molecule has 0 unspecified atom stereocenters. The highest BCUT2D eigenvalue weighted by Gasteiger charge is 2.15. The van der Waals surface area contributed by atoms with Gasteiger partial charge in [-0.1, -0.05) is 74.9 Å². The maximum Gasteiger partial charge on any atom is 0.134 e. The SMILES string of the molecule is CCCc1c(OCCCOc2cc(OCc3ccccc3)c(-c3ccoc3)cc2CC)cccc1Oc1ccccc1C.